The van der Waals surface area contributed by atoms with E-state index in [1.807, 2.05) is 0 Å². The fraction of sp³-hybridized carbons (Fsp3) is 0.918. The van der Waals surface area contributed by atoms with Crippen LogP contribution in [0.4, 0.5) is 0 Å². The quantitative estimate of drug-likeness (QED) is 0.0259. The molecule has 0 radical (unpaired) electrons. The number of hydrogen-bond donors (Lipinski definition) is 6. The summed E-state index contributed by atoms with van der Waals surface area (Å²) in [7, 11) is 0. The normalized spacial score (nSPS) is 12.8. The number of aliphatic hydroxyl groups is 3. The fourth-order valence-electron chi connectivity index (χ4n) is 7.67. The third-order valence-electron chi connectivity index (χ3n) is 11.5. The molecule has 0 bridgehead atoms. The zero-order chi connectivity index (χ0) is 44.2. The van der Waals surface area contributed by atoms with Gasteiger partial charge in [-0.1, -0.05) is 181 Å². The molecule has 6 N–H and O–H groups in total. The van der Waals surface area contributed by atoms with Gasteiger partial charge < -0.3 is 36.0 Å². The summed E-state index contributed by atoms with van der Waals surface area (Å²) >= 11 is 0. The van der Waals surface area contributed by atoms with Crippen LogP contribution in [0.25, 0.3) is 0 Å². The monoisotopic (exact) mass is 854 g/mol. The Morgan fingerprint density at radius 1 is 0.500 bits per heavy atom. The molecule has 0 aromatic heterocycles. The number of esters is 1. The SMILES string of the molecule is CCCCCCCCCCCC(=O)OCCCCCCCCCCCCCC(=O)NC(CCO)C(=O)NCCCC(CO)NC(=O)C[C@H](O)CCCCCCCCCCC. The van der Waals surface area contributed by atoms with Crippen molar-refractivity contribution in [2.75, 3.05) is 26.4 Å². The van der Waals surface area contributed by atoms with Crippen molar-refractivity contribution in [1.29, 1.82) is 0 Å². The van der Waals surface area contributed by atoms with Crippen molar-refractivity contribution >= 4 is 23.7 Å². The molecule has 11 nitrogen and oxygen atoms in total. The number of carbonyl (C=O) groups excluding carboxylic acids is 4. The van der Waals surface area contributed by atoms with E-state index in [2.05, 4.69) is 29.8 Å². The Labute approximate surface area is 367 Å². The molecule has 0 spiro atoms. The van der Waals surface area contributed by atoms with E-state index in [9.17, 15) is 34.5 Å². The van der Waals surface area contributed by atoms with E-state index in [4.69, 9.17) is 4.74 Å². The van der Waals surface area contributed by atoms with Crippen LogP contribution in [0.1, 0.15) is 245 Å². The van der Waals surface area contributed by atoms with E-state index in [-0.39, 0.29) is 49.7 Å². The first kappa shape index (κ1) is 57.8. The maximum atomic E-state index is 12.8. The van der Waals surface area contributed by atoms with Gasteiger partial charge in [-0.2, -0.15) is 0 Å². The summed E-state index contributed by atoms with van der Waals surface area (Å²) in [5, 5.41) is 37.9. The highest BCUT2D eigenvalue weighted by Crippen LogP contribution is 2.15. The maximum absolute atomic E-state index is 12.8. The van der Waals surface area contributed by atoms with E-state index in [0.29, 0.717) is 45.3 Å². The molecule has 0 saturated heterocycles. The predicted molar refractivity (Wildman–Crippen MR) is 246 cm³/mol. The Morgan fingerprint density at radius 3 is 1.47 bits per heavy atom. The average molecular weight is 854 g/mol. The summed E-state index contributed by atoms with van der Waals surface area (Å²) in [5.74, 6) is -0.882. The Balaban J connectivity index is 3.86. The summed E-state index contributed by atoms with van der Waals surface area (Å²) in [6.45, 7) is 4.86. The standard InChI is InChI=1S/C49H95N3O8/c1-3-5-7-9-11-16-20-24-28-34-44(55)41-47(57)51-43(42-54)33-32-38-50-49(59)45(37-39-53)52-46(56)35-29-25-21-18-14-13-15-19-23-27-31-40-60-48(58)36-30-26-22-17-12-10-8-6-4-2/h43-45,53-55H,3-42H2,1-2H3,(H,50,59)(H,51,57)(H,52,56)/t43?,44-,45?/m1/s1. The van der Waals surface area contributed by atoms with Gasteiger partial charge in [-0.3, -0.25) is 19.2 Å². The molecule has 0 fully saturated rings. The van der Waals surface area contributed by atoms with E-state index in [1.165, 1.54) is 116 Å². The molecule has 0 rings (SSSR count). The number of ether oxygens (including phenoxy) is 1. The Hall–Kier alpha value is -2.24. The molecule has 2 unspecified atom stereocenters. The van der Waals surface area contributed by atoms with Gasteiger partial charge in [0.2, 0.25) is 17.7 Å². The number of aliphatic hydroxyl groups excluding tert-OH is 3. The van der Waals surface area contributed by atoms with Gasteiger partial charge in [0.25, 0.3) is 0 Å². The zero-order valence-electron chi connectivity index (χ0n) is 38.9. The highest BCUT2D eigenvalue weighted by Gasteiger charge is 2.20. The van der Waals surface area contributed by atoms with Crippen molar-refractivity contribution in [3.8, 4) is 0 Å². The van der Waals surface area contributed by atoms with Crippen LogP contribution in [-0.2, 0) is 23.9 Å². The van der Waals surface area contributed by atoms with Crippen LogP contribution in [0.15, 0.2) is 0 Å². The number of nitrogens with one attached hydrogen (secondary N) is 3. The van der Waals surface area contributed by atoms with E-state index in [0.717, 1.165) is 70.6 Å². The fourth-order valence-corrected chi connectivity index (χ4v) is 7.67. The zero-order valence-corrected chi connectivity index (χ0v) is 38.9. The molecule has 3 atom stereocenters. The Bertz CT molecular complexity index is 1000. The molecule has 0 saturated carbocycles. The third-order valence-corrected chi connectivity index (χ3v) is 11.5. The molecule has 0 aliphatic rings. The van der Waals surface area contributed by atoms with E-state index >= 15 is 0 Å². The van der Waals surface area contributed by atoms with Crippen molar-refractivity contribution in [2.45, 2.75) is 263 Å². The highest BCUT2D eigenvalue weighted by molar-refractivity contribution is 5.87. The predicted octanol–water partition coefficient (Wildman–Crippen LogP) is 10.0. The van der Waals surface area contributed by atoms with Gasteiger partial charge >= 0.3 is 5.97 Å². The second-order valence-electron chi connectivity index (χ2n) is 17.4. The Kier molecular flexibility index (Phi) is 43.1. The molecule has 0 aliphatic carbocycles. The third kappa shape index (κ3) is 39.9. The molecular weight excluding hydrogens is 759 g/mol. The van der Waals surface area contributed by atoms with Crippen LogP contribution in [0.2, 0.25) is 0 Å². The van der Waals surface area contributed by atoms with Crippen LogP contribution in [0, 0.1) is 0 Å². The molecule has 11 heteroatoms. The molecule has 0 aliphatic heterocycles. The molecule has 0 aromatic carbocycles. The smallest absolute Gasteiger partial charge is 0.305 e. The lowest BCUT2D eigenvalue weighted by molar-refractivity contribution is -0.144. The summed E-state index contributed by atoms with van der Waals surface area (Å²) in [4.78, 5) is 49.7. The second-order valence-corrected chi connectivity index (χ2v) is 17.4. The van der Waals surface area contributed by atoms with Crippen molar-refractivity contribution in [2.24, 2.45) is 0 Å². The van der Waals surface area contributed by atoms with Crippen molar-refractivity contribution in [3.05, 3.63) is 0 Å². The van der Waals surface area contributed by atoms with Crippen molar-refractivity contribution in [1.82, 2.24) is 16.0 Å². The van der Waals surface area contributed by atoms with Gasteiger partial charge in [-0.15, -0.1) is 0 Å². The number of rotatable bonds is 46. The first-order valence-corrected chi connectivity index (χ1v) is 25.2. The van der Waals surface area contributed by atoms with Crippen LogP contribution in [0.3, 0.4) is 0 Å². The van der Waals surface area contributed by atoms with Crippen LogP contribution in [-0.4, -0.2) is 83.6 Å². The van der Waals surface area contributed by atoms with E-state index in [1.54, 1.807) is 0 Å². The van der Waals surface area contributed by atoms with Crippen molar-refractivity contribution < 1.29 is 39.2 Å². The molecule has 0 aromatic rings. The first-order chi connectivity index (χ1) is 29.3. The lowest BCUT2D eigenvalue weighted by atomic mass is 10.0. The average Bonchev–Trinajstić information content (AvgIpc) is 3.23. The minimum absolute atomic E-state index is 0.0101. The van der Waals surface area contributed by atoms with Crippen LogP contribution in [0.5, 0.6) is 0 Å². The maximum Gasteiger partial charge on any atom is 0.305 e. The summed E-state index contributed by atoms with van der Waals surface area (Å²) in [5.41, 5.74) is 0. The lowest BCUT2D eigenvalue weighted by Gasteiger charge is -2.19. The number of carbonyl (C=O) groups is 4. The second kappa shape index (κ2) is 44.8. The van der Waals surface area contributed by atoms with Crippen LogP contribution < -0.4 is 16.0 Å². The molecule has 354 valence electrons. The number of amides is 3. The van der Waals surface area contributed by atoms with Gasteiger partial charge in [0.15, 0.2) is 0 Å². The topological polar surface area (TPSA) is 174 Å². The molecule has 60 heavy (non-hydrogen) atoms. The van der Waals surface area contributed by atoms with Gasteiger partial charge in [0.1, 0.15) is 6.04 Å². The minimum Gasteiger partial charge on any atom is -0.466 e. The van der Waals surface area contributed by atoms with Gasteiger partial charge in [0, 0.05) is 26.0 Å². The first-order valence-electron chi connectivity index (χ1n) is 25.2. The Morgan fingerprint density at radius 2 is 0.967 bits per heavy atom. The van der Waals surface area contributed by atoms with Gasteiger partial charge in [-0.05, 0) is 44.9 Å². The molecule has 0 heterocycles. The van der Waals surface area contributed by atoms with Crippen molar-refractivity contribution in [3.63, 3.8) is 0 Å². The molecule has 3 amide bonds. The molecular formula is C49H95N3O8. The van der Waals surface area contributed by atoms with E-state index < -0.39 is 18.2 Å². The number of hydrogen-bond acceptors (Lipinski definition) is 8. The summed E-state index contributed by atoms with van der Waals surface area (Å²) in [6, 6.07) is -1.28. The van der Waals surface area contributed by atoms with Gasteiger partial charge in [-0.25, -0.2) is 0 Å². The van der Waals surface area contributed by atoms with Crippen LogP contribution >= 0.6 is 0 Å². The van der Waals surface area contributed by atoms with Gasteiger partial charge in [0.05, 0.1) is 31.8 Å². The minimum atomic E-state index is -0.812. The largest absolute Gasteiger partial charge is 0.466 e. The highest BCUT2D eigenvalue weighted by atomic mass is 16.5. The summed E-state index contributed by atoms with van der Waals surface area (Å²) in [6.07, 6.45) is 35.9. The summed E-state index contributed by atoms with van der Waals surface area (Å²) < 4.78 is 5.41. The lowest BCUT2D eigenvalue weighted by Crippen LogP contribution is -2.47. The number of unbranched alkanes of at least 4 members (excludes halogenated alkanes) is 26.